The van der Waals surface area contributed by atoms with E-state index in [0.29, 0.717) is 0 Å². The average Bonchev–Trinajstić information content (AvgIpc) is 3.72. The third-order valence-corrected chi connectivity index (χ3v) is 13.4. The SMILES string of the molecule is CNC(C)C(=O)NC(C(=O)N1Cc2cc(C3CC(C(=O)OC)N(C(=O)C(NC(=O)C(C)N(C)C(=O)OC(C)(C)C)C(C)(C)C)C3)ccc2CC1C(=O)NC1CCCc2ccccc21)C(C)(C)C. The van der Waals surface area contributed by atoms with Gasteiger partial charge in [0.2, 0.25) is 29.5 Å². The van der Waals surface area contributed by atoms with Gasteiger partial charge in [-0.2, -0.15) is 0 Å². The summed E-state index contributed by atoms with van der Waals surface area (Å²) in [6, 6.07) is 8.36. The summed E-state index contributed by atoms with van der Waals surface area (Å²) < 4.78 is 10.7. The van der Waals surface area contributed by atoms with Crippen molar-refractivity contribution in [1.82, 2.24) is 36.0 Å². The maximum Gasteiger partial charge on any atom is 0.410 e. The Morgan fingerprint density at radius 2 is 1.39 bits per heavy atom. The summed E-state index contributed by atoms with van der Waals surface area (Å²) in [4.78, 5) is 102. The Morgan fingerprint density at radius 3 is 1.99 bits per heavy atom. The molecule has 3 aliphatic rings. The van der Waals surface area contributed by atoms with Crippen molar-refractivity contribution in [2.24, 2.45) is 10.8 Å². The number of nitrogens with one attached hydrogen (secondary N) is 4. The number of methoxy groups -OCH3 is 1. The number of carbonyl (C=O) groups excluding carboxylic acids is 7. The first kappa shape index (κ1) is 52.5. The number of fused-ring (bicyclic) bond motifs is 2. The van der Waals surface area contributed by atoms with Gasteiger partial charge in [-0.25, -0.2) is 9.59 Å². The summed E-state index contributed by atoms with van der Waals surface area (Å²) in [7, 11) is 4.40. The molecule has 4 N–H and O–H groups in total. The van der Waals surface area contributed by atoms with Gasteiger partial charge in [-0.15, -0.1) is 0 Å². The predicted molar refractivity (Wildman–Crippen MR) is 254 cm³/mol. The van der Waals surface area contributed by atoms with Gasteiger partial charge in [-0.3, -0.25) is 28.9 Å². The van der Waals surface area contributed by atoms with Gasteiger partial charge < -0.3 is 40.5 Å². The largest absolute Gasteiger partial charge is 0.467 e. The van der Waals surface area contributed by atoms with Gasteiger partial charge >= 0.3 is 12.1 Å². The van der Waals surface area contributed by atoms with Gasteiger partial charge in [0.15, 0.2) is 0 Å². The summed E-state index contributed by atoms with van der Waals surface area (Å²) in [6.07, 6.45) is 2.39. The second kappa shape index (κ2) is 20.8. The molecule has 6 amide bonds. The molecule has 16 nitrogen and oxygen atoms in total. The first-order valence-corrected chi connectivity index (χ1v) is 23.6. The van der Waals surface area contributed by atoms with Crippen molar-refractivity contribution >= 4 is 41.6 Å². The molecule has 1 aliphatic carbocycles. The first-order valence-electron chi connectivity index (χ1n) is 23.6. The van der Waals surface area contributed by atoms with Crippen LogP contribution >= 0.6 is 0 Å². The number of hydrogen-bond donors (Lipinski definition) is 4. The minimum absolute atomic E-state index is 0.0786. The number of aryl methyl sites for hydroxylation is 1. The molecule has 0 radical (unpaired) electrons. The Morgan fingerprint density at radius 1 is 0.776 bits per heavy atom. The molecule has 2 aromatic rings. The van der Waals surface area contributed by atoms with Gasteiger partial charge in [-0.1, -0.05) is 84.0 Å². The summed E-state index contributed by atoms with van der Waals surface area (Å²) in [5, 5.41) is 12.1. The van der Waals surface area contributed by atoms with E-state index < -0.39 is 76.6 Å². The van der Waals surface area contributed by atoms with Crippen molar-refractivity contribution in [2.75, 3.05) is 27.7 Å². The molecule has 2 aromatic carbocycles. The van der Waals surface area contributed by atoms with E-state index in [4.69, 9.17) is 9.47 Å². The number of likely N-dealkylation sites (N-methyl/N-ethyl adjacent to an activating group) is 2. The van der Waals surface area contributed by atoms with Crippen LogP contribution in [0.4, 0.5) is 4.79 Å². The second-order valence-electron chi connectivity index (χ2n) is 21.7. The van der Waals surface area contributed by atoms with Crippen LogP contribution in [0, 0.1) is 10.8 Å². The van der Waals surface area contributed by atoms with E-state index in [9.17, 15) is 33.6 Å². The van der Waals surface area contributed by atoms with Gasteiger partial charge in [0, 0.05) is 32.5 Å². The van der Waals surface area contributed by atoms with Crippen LogP contribution in [-0.2, 0) is 57.6 Å². The molecule has 67 heavy (non-hydrogen) atoms. The molecule has 2 heterocycles. The predicted octanol–water partition coefficient (Wildman–Crippen LogP) is 4.92. The average molecular weight is 930 g/mol. The number of rotatable bonds is 12. The maximum atomic E-state index is 15.0. The number of esters is 1. The molecule has 0 spiro atoms. The molecule has 1 saturated heterocycles. The molecule has 8 atom stereocenters. The van der Waals surface area contributed by atoms with E-state index >= 15 is 0 Å². The minimum atomic E-state index is -1.08. The third kappa shape index (κ3) is 12.3. The molecule has 0 aromatic heterocycles. The standard InChI is InChI=1S/C51H75N7O9/c1-29(52-12)42(59)54-40(49(3,4)5)45(62)57-27-34-24-32(22-23-33(34)25-38(57)44(61)53-37-21-17-19-31-18-15-16-20-36(31)37)35-26-39(47(64)66-14)58(28-35)46(63)41(50(6,7)8)55-43(60)30(2)56(13)48(65)67-51(9,10)11/h15-16,18,20,22-24,29-30,35,37-41,52H,17,19,21,25-28H2,1-14H3,(H,53,61)(H,54,59)(H,55,60). The Balaban J connectivity index is 1.46. The lowest BCUT2D eigenvalue weighted by molar-refractivity contribution is -0.153. The fourth-order valence-corrected chi connectivity index (χ4v) is 9.13. The Bertz CT molecular complexity index is 2190. The highest BCUT2D eigenvalue weighted by atomic mass is 16.6. The van der Waals surface area contributed by atoms with E-state index in [0.717, 1.165) is 41.5 Å². The first-order chi connectivity index (χ1) is 31.2. The zero-order chi connectivity index (χ0) is 49.9. The molecule has 16 heteroatoms. The lowest BCUT2D eigenvalue weighted by atomic mass is 9.83. The van der Waals surface area contributed by atoms with Crippen LogP contribution in [-0.4, -0.2) is 126 Å². The van der Waals surface area contributed by atoms with Crippen LogP contribution in [0.2, 0.25) is 0 Å². The van der Waals surface area contributed by atoms with Gasteiger partial charge in [0.05, 0.1) is 19.2 Å². The topological polar surface area (TPSA) is 196 Å². The monoisotopic (exact) mass is 930 g/mol. The van der Waals surface area contributed by atoms with Crippen molar-refractivity contribution in [3.63, 3.8) is 0 Å². The Kier molecular flexibility index (Phi) is 16.3. The zero-order valence-electron chi connectivity index (χ0n) is 42.1. The molecule has 0 bridgehead atoms. The zero-order valence-corrected chi connectivity index (χ0v) is 42.1. The number of ether oxygens (including phenoxy) is 2. The van der Waals surface area contributed by atoms with Crippen LogP contribution in [0.15, 0.2) is 42.5 Å². The van der Waals surface area contributed by atoms with Crippen molar-refractivity contribution in [2.45, 2.75) is 169 Å². The highest BCUT2D eigenvalue weighted by molar-refractivity contribution is 5.95. The molecule has 2 aliphatic heterocycles. The maximum absolute atomic E-state index is 15.0. The van der Waals surface area contributed by atoms with Crippen LogP contribution in [0.5, 0.6) is 0 Å². The van der Waals surface area contributed by atoms with Gasteiger partial charge in [0.1, 0.15) is 35.8 Å². The fourth-order valence-electron chi connectivity index (χ4n) is 9.13. The third-order valence-electron chi connectivity index (χ3n) is 13.4. The summed E-state index contributed by atoms with van der Waals surface area (Å²) >= 11 is 0. The fraction of sp³-hybridized carbons (Fsp3) is 0.627. The normalized spacial score (nSPS) is 21.3. The van der Waals surface area contributed by atoms with E-state index in [2.05, 4.69) is 27.3 Å². The van der Waals surface area contributed by atoms with Crippen molar-refractivity contribution < 1.29 is 43.0 Å². The van der Waals surface area contributed by atoms with Gasteiger partial charge in [0.25, 0.3) is 0 Å². The van der Waals surface area contributed by atoms with E-state index in [1.165, 1.54) is 29.5 Å². The highest BCUT2D eigenvalue weighted by Gasteiger charge is 2.47. The molecular formula is C51H75N7O9. The lowest BCUT2D eigenvalue weighted by Crippen LogP contribution is -2.62. The molecule has 8 unspecified atom stereocenters. The van der Waals surface area contributed by atoms with Gasteiger partial charge in [-0.05, 0) is 106 Å². The molecule has 5 rings (SSSR count). The summed E-state index contributed by atoms with van der Waals surface area (Å²) in [5.41, 5.74) is 2.48. The molecule has 0 saturated carbocycles. The summed E-state index contributed by atoms with van der Waals surface area (Å²) in [5.74, 6) is -2.97. The minimum Gasteiger partial charge on any atom is -0.467 e. The second-order valence-corrected chi connectivity index (χ2v) is 21.7. The van der Waals surface area contributed by atoms with E-state index in [-0.39, 0.29) is 55.6 Å². The van der Waals surface area contributed by atoms with Crippen molar-refractivity contribution in [1.29, 1.82) is 0 Å². The number of benzene rings is 2. The number of amides is 6. The number of carbonyl (C=O) groups is 7. The Labute approximate surface area is 397 Å². The van der Waals surface area contributed by atoms with E-state index in [1.807, 2.05) is 77.9 Å². The molecular weight excluding hydrogens is 855 g/mol. The van der Waals surface area contributed by atoms with Crippen LogP contribution < -0.4 is 21.3 Å². The number of likely N-dealkylation sites (tertiary alicyclic amines) is 1. The van der Waals surface area contributed by atoms with Crippen molar-refractivity contribution in [3.05, 3.63) is 70.3 Å². The quantitative estimate of drug-likeness (QED) is 0.212. The molecule has 1 fully saturated rings. The van der Waals surface area contributed by atoms with Crippen LogP contribution in [0.25, 0.3) is 0 Å². The Hall–Kier alpha value is -5.51. The lowest BCUT2D eigenvalue weighted by Gasteiger charge is -2.42. The number of hydrogen-bond acceptors (Lipinski definition) is 10. The van der Waals surface area contributed by atoms with E-state index in [1.54, 1.807) is 46.6 Å². The van der Waals surface area contributed by atoms with Crippen LogP contribution in [0.3, 0.4) is 0 Å². The highest BCUT2D eigenvalue weighted by Crippen LogP contribution is 2.38. The van der Waals surface area contributed by atoms with Crippen LogP contribution in [0.1, 0.15) is 135 Å². The van der Waals surface area contributed by atoms with Crippen molar-refractivity contribution in [3.8, 4) is 0 Å². The smallest absolute Gasteiger partial charge is 0.410 e. The summed E-state index contributed by atoms with van der Waals surface area (Å²) in [6.45, 7) is 19.7. The molecule has 368 valence electrons. The number of nitrogens with zero attached hydrogens (tertiary/aromatic N) is 3.